The predicted molar refractivity (Wildman–Crippen MR) is 147 cm³/mol. The van der Waals surface area contributed by atoms with E-state index in [1.54, 1.807) is 12.1 Å². The van der Waals surface area contributed by atoms with Gasteiger partial charge in [0.15, 0.2) is 5.03 Å². The van der Waals surface area contributed by atoms with Crippen molar-refractivity contribution in [3.63, 3.8) is 0 Å². The normalized spacial score (nSPS) is 11.4. The summed E-state index contributed by atoms with van der Waals surface area (Å²) >= 11 is 0. The first-order valence-electron chi connectivity index (χ1n) is 12.0. The number of pyridine rings is 2. The lowest BCUT2D eigenvalue weighted by molar-refractivity contribution is 0.0978. The van der Waals surface area contributed by atoms with Gasteiger partial charge in [-0.25, -0.2) is 14.7 Å². The van der Waals surface area contributed by atoms with Gasteiger partial charge in [-0.05, 0) is 75.8 Å². The van der Waals surface area contributed by atoms with E-state index in [-0.39, 0.29) is 16.5 Å². The number of benzene rings is 2. The third-order valence-corrected chi connectivity index (χ3v) is 7.04. The lowest BCUT2D eigenvalue weighted by Crippen LogP contribution is -2.31. The molecule has 0 aliphatic rings. The van der Waals surface area contributed by atoms with Gasteiger partial charge in [-0.1, -0.05) is 48.0 Å². The number of nitrogens with zero attached hydrogens (tertiary/aromatic N) is 3. The topological polar surface area (TPSA) is 101 Å². The van der Waals surface area contributed by atoms with Crippen molar-refractivity contribution in [3.8, 4) is 22.9 Å². The van der Waals surface area contributed by atoms with Gasteiger partial charge in [0, 0.05) is 18.3 Å². The summed E-state index contributed by atoms with van der Waals surface area (Å²) in [6.07, 6.45) is 1.34. The van der Waals surface area contributed by atoms with E-state index in [1.165, 1.54) is 24.4 Å². The van der Waals surface area contributed by atoms with E-state index in [0.29, 0.717) is 11.4 Å². The Labute approximate surface area is 223 Å². The highest BCUT2D eigenvalue weighted by molar-refractivity contribution is 7.90. The van der Waals surface area contributed by atoms with Gasteiger partial charge in [-0.2, -0.15) is 8.42 Å². The molecule has 0 unspecified atom stereocenters. The Hall–Kier alpha value is -4.08. The van der Waals surface area contributed by atoms with Crippen molar-refractivity contribution in [1.29, 1.82) is 0 Å². The molecule has 4 rings (SSSR count). The number of sulfonamides is 1. The SMILES string of the molecule is Cc1cc(C)c(Oc2nc(-c3ccc(CN(C)C)cc3)ccc2C(=O)NS(=O)(=O)c2ccccn2)c(C)c1. The summed E-state index contributed by atoms with van der Waals surface area (Å²) in [6.45, 7) is 6.61. The zero-order valence-electron chi connectivity index (χ0n) is 22.0. The maximum absolute atomic E-state index is 13.2. The number of ether oxygens (including phenoxy) is 1. The number of rotatable bonds is 8. The van der Waals surface area contributed by atoms with Crippen LogP contribution in [0.15, 0.2) is 78.0 Å². The van der Waals surface area contributed by atoms with Crippen LogP contribution in [0.2, 0.25) is 0 Å². The van der Waals surface area contributed by atoms with E-state index in [1.807, 2.05) is 71.3 Å². The van der Waals surface area contributed by atoms with Gasteiger partial charge in [-0.3, -0.25) is 4.79 Å². The molecule has 0 saturated carbocycles. The Kier molecular flexibility index (Phi) is 7.89. The van der Waals surface area contributed by atoms with Crippen molar-refractivity contribution in [2.75, 3.05) is 14.1 Å². The first kappa shape index (κ1) is 27.0. The average Bonchev–Trinajstić information content (AvgIpc) is 2.86. The van der Waals surface area contributed by atoms with Crippen molar-refractivity contribution in [2.45, 2.75) is 32.3 Å². The monoisotopic (exact) mass is 530 g/mol. The van der Waals surface area contributed by atoms with Crippen LogP contribution in [0, 0.1) is 20.8 Å². The molecule has 0 atom stereocenters. The Bertz CT molecular complexity index is 1550. The van der Waals surface area contributed by atoms with Crippen molar-refractivity contribution < 1.29 is 17.9 Å². The zero-order chi connectivity index (χ0) is 27.4. The minimum atomic E-state index is -4.19. The molecule has 1 amide bonds. The second-order valence-electron chi connectivity index (χ2n) is 9.42. The van der Waals surface area contributed by atoms with Gasteiger partial charge < -0.3 is 9.64 Å². The fraction of sp³-hybridized carbons (Fsp3) is 0.207. The fourth-order valence-electron chi connectivity index (χ4n) is 4.16. The molecule has 4 aromatic rings. The second-order valence-corrected chi connectivity index (χ2v) is 11.0. The van der Waals surface area contributed by atoms with Gasteiger partial charge >= 0.3 is 0 Å². The minimum absolute atomic E-state index is 0.00337. The lowest BCUT2D eigenvalue weighted by Gasteiger charge is -2.16. The molecule has 8 nitrogen and oxygen atoms in total. The Morgan fingerprint density at radius 1 is 0.947 bits per heavy atom. The summed E-state index contributed by atoms with van der Waals surface area (Å²) in [4.78, 5) is 23.8. The van der Waals surface area contributed by atoms with Crippen molar-refractivity contribution in [3.05, 3.63) is 101 Å². The molecule has 9 heteroatoms. The lowest BCUT2D eigenvalue weighted by atomic mass is 10.1. The van der Waals surface area contributed by atoms with E-state index < -0.39 is 15.9 Å². The van der Waals surface area contributed by atoms with E-state index >= 15 is 0 Å². The minimum Gasteiger partial charge on any atom is -0.438 e. The maximum Gasteiger partial charge on any atom is 0.281 e. The van der Waals surface area contributed by atoms with Gasteiger partial charge in [0.2, 0.25) is 5.88 Å². The first-order chi connectivity index (χ1) is 18.0. The van der Waals surface area contributed by atoms with Crippen molar-refractivity contribution in [2.24, 2.45) is 0 Å². The Morgan fingerprint density at radius 3 is 2.24 bits per heavy atom. The van der Waals surface area contributed by atoms with Gasteiger partial charge in [0.1, 0.15) is 11.3 Å². The number of nitrogens with one attached hydrogen (secondary N) is 1. The number of hydrogen-bond donors (Lipinski definition) is 1. The van der Waals surface area contributed by atoms with Crippen molar-refractivity contribution in [1.82, 2.24) is 19.6 Å². The van der Waals surface area contributed by atoms with Crippen molar-refractivity contribution >= 4 is 15.9 Å². The van der Waals surface area contributed by atoms with E-state index in [4.69, 9.17) is 4.74 Å². The number of amides is 1. The summed E-state index contributed by atoms with van der Waals surface area (Å²) in [6, 6.07) is 19.5. The smallest absolute Gasteiger partial charge is 0.281 e. The molecular weight excluding hydrogens is 500 g/mol. The number of aromatic nitrogens is 2. The van der Waals surface area contributed by atoms with E-state index in [0.717, 1.165) is 34.4 Å². The molecule has 38 heavy (non-hydrogen) atoms. The third-order valence-electron chi connectivity index (χ3n) is 5.80. The van der Waals surface area contributed by atoms with Crippen LogP contribution in [0.4, 0.5) is 0 Å². The molecule has 2 aromatic carbocycles. The molecule has 0 radical (unpaired) electrons. The number of carbonyl (C=O) groups is 1. The van der Waals surface area contributed by atoms with E-state index in [9.17, 15) is 13.2 Å². The second kappa shape index (κ2) is 11.1. The van der Waals surface area contributed by atoms with E-state index in [2.05, 4.69) is 19.6 Å². The molecule has 0 bridgehead atoms. The molecule has 1 N–H and O–H groups in total. The van der Waals surface area contributed by atoms with Crippen LogP contribution in [0.5, 0.6) is 11.6 Å². The van der Waals surface area contributed by atoms with Crippen LogP contribution < -0.4 is 9.46 Å². The summed E-state index contributed by atoms with van der Waals surface area (Å²) < 4.78 is 33.8. The summed E-state index contributed by atoms with van der Waals surface area (Å²) in [5.74, 6) is -0.305. The summed E-state index contributed by atoms with van der Waals surface area (Å²) in [5, 5.41) is -0.261. The molecule has 2 aromatic heterocycles. The molecular formula is C29H30N4O4S. The molecule has 0 saturated heterocycles. The standard InChI is InChI=1S/C29H30N4O4S/c1-19-16-20(2)27(21(3)17-19)37-29-24(28(34)32-38(35,36)26-8-6-7-15-30-26)13-14-25(31-29)23-11-9-22(10-12-23)18-33(4)5/h6-17H,18H2,1-5H3,(H,32,34). The molecule has 2 heterocycles. The number of carbonyl (C=O) groups excluding carboxylic acids is 1. The quantitative estimate of drug-likeness (QED) is 0.340. The Balaban J connectivity index is 1.74. The first-order valence-corrected chi connectivity index (χ1v) is 13.5. The largest absolute Gasteiger partial charge is 0.438 e. The highest BCUT2D eigenvalue weighted by Gasteiger charge is 2.24. The summed E-state index contributed by atoms with van der Waals surface area (Å²) in [7, 11) is -0.182. The number of hydrogen-bond acceptors (Lipinski definition) is 7. The van der Waals surface area contributed by atoms with Crippen LogP contribution in [-0.2, 0) is 16.6 Å². The molecule has 196 valence electrons. The average molecular weight is 531 g/mol. The van der Waals surface area contributed by atoms with Crippen LogP contribution in [-0.4, -0.2) is 43.3 Å². The van der Waals surface area contributed by atoms with Crippen LogP contribution in [0.3, 0.4) is 0 Å². The molecule has 0 aliphatic heterocycles. The van der Waals surface area contributed by atoms with Crippen LogP contribution >= 0.6 is 0 Å². The highest BCUT2D eigenvalue weighted by Crippen LogP contribution is 2.32. The van der Waals surface area contributed by atoms with Crippen LogP contribution in [0.25, 0.3) is 11.3 Å². The molecule has 0 fully saturated rings. The van der Waals surface area contributed by atoms with Crippen LogP contribution in [0.1, 0.15) is 32.6 Å². The highest BCUT2D eigenvalue weighted by atomic mass is 32.2. The fourth-order valence-corrected chi connectivity index (χ4v) is 5.07. The predicted octanol–water partition coefficient (Wildman–Crippen LogP) is 5.04. The molecule has 0 aliphatic carbocycles. The maximum atomic E-state index is 13.2. The van der Waals surface area contributed by atoms with Gasteiger partial charge in [0.05, 0.1) is 5.69 Å². The Morgan fingerprint density at radius 2 is 1.63 bits per heavy atom. The molecule has 0 spiro atoms. The summed E-state index contributed by atoms with van der Waals surface area (Å²) in [5.41, 5.74) is 5.37. The third kappa shape index (κ3) is 6.24. The zero-order valence-corrected chi connectivity index (χ0v) is 22.8. The van der Waals surface area contributed by atoms with Gasteiger partial charge in [-0.15, -0.1) is 0 Å². The van der Waals surface area contributed by atoms with Gasteiger partial charge in [0.25, 0.3) is 15.9 Å². The number of aryl methyl sites for hydroxylation is 3.